The third kappa shape index (κ3) is 3.31. The third-order valence-corrected chi connectivity index (χ3v) is 3.68. The number of ether oxygens (including phenoxy) is 2. The van der Waals surface area contributed by atoms with E-state index in [0.717, 1.165) is 11.1 Å². The molecule has 4 nitrogen and oxygen atoms in total. The minimum atomic E-state index is -1.35. The molecular weight excluding hydrogens is 292 g/mol. The van der Waals surface area contributed by atoms with E-state index in [4.69, 9.17) is 9.47 Å². The number of hydrogen-bond donors (Lipinski definition) is 0. The largest absolute Gasteiger partial charge is 0.418 e. The van der Waals surface area contributed by atoms with Crippen LogP contribution in [0.4, 0.5) is 0 Å². The van der Waals surface area contributed by atoms with Gasteiger partial charge in [-0.1, -0.05) is 67.2 Å². The first kappa shape index (κ1) is 15.0. The highest BCUT2D eigenvalue weighted by molar-refractivity contribution is 6.14. The highest BCUT2D eigenvalue weighted by atomic mass is 16.7. The summed E-state index contributed by atoms with van der Waals surface area (Å²) >= 11 is 0. The van der Waals surface area contributed by atoms with Gasteiger partial charge in [-0.15, -0.1) is 0 Å². The SMILES string of the molecule is C=C1C(=O)OC(Cc2ccccc2)(Cc2ccccc2)OC1=O. The van der Waals surface area contributed by atoms with Crippen LogP contribution in [0.3, 0.4) is 0 Å². The normalized spacial score (nSPS) is 16.6. The number of carbonyl (C=O) groups is 2. The highest BCUT2D eigenvalue weighted by Gasteiger charge is 2.45. The summed E-state index contributed by atoms with van der Waals surface area (Å²) < 4.78 is 11.0. The van der Waals surface area contributed by atoms with Crippen molar-refractivity contribution in [3.8, 4) is 0 Å². The van der Waals surface area contributed by atoms with E-state index < -0.39 is 17.7 Å². The van der Waals surface area contributed by atoms with Crippen molar-refractivity contribution in [2.75, 3.05) is 0 Å². The maximum absolute atomic E-state index is 12.0. The summed E-state index contributed by atoms with van der Waals surface area (Å²) in [6.07, 6.45) is 0.570. The predicted octanol–water partition coefficient (Wildman–Crippen LogP) is 2.82. The van der Waals surface area contributed by atoms with Gasteiger partial charge in [-0.05, 0) is 11.1 Å². The van der Waals surface area contributed by atoms with E-state index in [2.05, 4.69) is 6.58 Å². The summed E-state index contributed by atoms with van der Waals surface area (Å²) in [6.45, 7) is 3.41. The molecule has 1 heterocycles. The van der Waals surface area contributed by atoms with Crippen LogP contribution in [0.1, 0.15) is 11.1 Å². The fourth-order valence-corrected chi connectivity index (χ4v) is 2.59. The van der Waals surface area contributed by atoms with Crippen LogP contribution in [0, 0.1) is 0 Å². The molecule has 3 rings (SSSR count). The summed E-state index contributed by atoms with van der Waals surface area (Å²) in [5.74, 6) is -2.81. The zero-order valence-corrected chi connectivity index (χ0v) is 12.5. The Morgan fingerprint density at radius 2 is 1.13 bits per heavy atom. The van der Waals surface area contributed by atoms with Gasteiger partial charge >= 0.3 is 11.9 Å². The molecule has 0 unspecified atom stereocenters. The Labute approximate surface area is 134 Å². The molecule has 0 N–H and O–H groups in total. The lowest BCUT2D eigenvalue weighted by Gasteiger charge is -2.36. The molecule has 0 atom stereocenters. The topological polar surface area (TPSA) is 52.6 Å². The van der Waals surface area contributed by atoms with Crippen LogP contribution in [0.15, 0.2) is 72.8 Å². The number of benzene rings is 2. The molecular formula is C19H16O4. The van der Waals surface area contributed by atoms with E-state index in [1.54, 1.807) is 0 Å². The summed E-state index contributed by atoms with van der Waals surface area (Å²) in [6, 6.07) is 18.9. The molecule has 2 aromatic carbocycles. The molecule has 0 aromatic heterocycles. The molecule has 23 heavy (non-hydrogen) atoms. The van der Waals surface area contributed by atoms with Crippen molar-refractivity contribution in [3.05, 3.63) is 83.9 Å². The Morgan fingerprint density at radius 3 is 1.52 bits per heavy atom. The van der Waals surface area contributed by atoms with Gasteiger partial charge in [0.1, 0.15) is 5.57 Å². The summed E-state index contributed by atoms with van der Waals surface area (Å²) in [4.78, 5) is 24.0. The first-order chi connectivity index (χ1) is 11.1. The molecule has 0 amide bonds. The molecule has 1 aliphatic rings. The molecule has 0 saturated carbocycles. The van der Waals surface area contributed by atoms with Crippen molar-refractivity contribution in [2.24, 2.45) is 0 Å². The average molecular weight is 308 g/mol. The van der Waals surface area contributed by atoms with E-state index in [9.17, 15) is 9.59 Å². The first-order valence-corrected chi connectivity index (χ1v) is 7.31. The molecule has 4 heteroatoms. The van der Waals surface area contributed by atoms with Crippen LogP contribution >= 0.6 is 0 Å². The minimum Gasteiger partial charge on any atom is -0.418 e. The quantitative estimate of drug-likeness (QED) is 0.495. The van der Waals surface area contributed by atoms with Gasteiger partial charge in [0.05, 0.1) is 12.8 Å². The lowest BCUT2D eigenvalue weighted by molar-refractivity contribution is -0.234. The molecule has 0 bridgehead atoms. The average Bonchev–Trinajstić information content (AvgIpc) is 2.54. The first-order valence-electron chi connectivity index (χ1n) is 7.31. The Hall–Kier alpha value is -2.88. The lowest BCUT2D eigenvalue weighted by atomic mass is 9.96. The van der Waals surface area contributed by atoms with Gasteiger partial charge < -0.3 is 9.47 Å². The molecule has 0 radical (unpaired) electrons. The second-order valence-electron chi connectivity index (χ2n) is 5.49. The molecule has 1 aliphatic heterocycles. The van der Waals surface area contributed by atoms with Crippen molar-refractivity contribution < 1.29 is 19.1 Å². The van der Waals surface area contributed by atoms with Crippen LogP contribution in [-0.4, -0.2) is 17.7 Å². The summed E-state index contributed by atoms with van der Waals surface area (Å²) in [7, 11) is 0. The molecule has 1 saturated heterocycles. The number of rotatable bonds is 4. The molecule has 0 aliphatic carbocycles. The molecule has 2 aromatic rings. The highest BCUT2D eigenvalue weighted by Crippen LogP contribution is 2.30. The monoisotopic (exact) mass is 308 g/mol. The molecule has 1 fully saturated rings. The van der Waals surface area contributed by atoms with E-state index in [0.29, 0.717) is 0 Å². The van der Waals surface area contributed by atoms with E-state index in [1.165, 1.54) is 0 Å². The molecule has 0 spiro atoms. The number of hydrogen-bond acceptors (Lipinski definition) is 4. The summed E-state index contributed by atoms with van der Waals surface area (Å²) in [5, 5.41) is 0. The second-order valence-corrected chi connectivity index (χ2v) is 5.49. The third-order valence-electron chi connectivity index (χ3n) is 3.68. The Morgan fingerprint density at radius 1 is 0.739 bits per heavy atom. The van der Waals surface area contributed by atoms with Crippen LogP contribution in [-0.2, 0) is 31.9 Å². The van der Waals surface area contributed by atoms with Crippen LogP contribution in [0.25, 0.3) is 0 Å². The smallest absolute Gasteiger partial charge is 0.348 e. The standard InChI is InChI=1S/C19H16O4/c1-14-17(20)22-19(23-18(14)21,12-15-8-4-2-5-9-15)13-16-10-6-3-7-11-16/h2-11H,1,12-13H2. The lowest BCUT2D eigenvalue weighted by Crippen LogP contribution is -2.49. The summed E-state index contributed by atoms with van der Waals surface area (Å²) in [5.41, 5.74) is 1.55. The number of cyclic esters (lactones) is 2. The van der Waals surface area contributed by atoms with Gasteiger partial charge in [-0.2, -0.15) is 0 Å². The van der Waals surface area contributed by atoms with Crippen molar-refractivity contribution >= 4 is 11.9 Å². The predicted molar refractivity (Wildman–Crippen MR) is 84.3 cm³/mol. The second kappa shape index (κ2) is 6.08. The van der Waals surface area contributed by atoms with Crippen LogP contribution in [0.5, 0.6) is 0 Å². The maximum Gasteiger partial charge on any atom is 0.348 e. The van der Waals surface area contributed by atoms with Crippen molar-refractivity contribution in [3.63, 3.8) is 0 Å². The van der Waals surface area contributed by atoms with Crippen molar-refractivity contribution in [2.45, 2.75) is 18.6 Å². The van der Waals surface area contributed by atoms with Crippen molar-refractivity contribution in [1.82, 2.24) is 0 Å². The van der Waals surface area contributed by atoms with Gasteiger partial charge in [0, 0.05) is 0 Å². The zero-order chi connectivity index (χ0) is 16.3. The number of carbonyl (C=O) groups excluding carboxylic acids is 2. The fraction of sp³-hybridized carbons (Fsp3) is 0.158. The van der Waals surface area contributed by atoms with Crippen LogP contribution < -0.4 is 0 Å². The zero-order valence-electron chi connectivity index (χ0n) is 12.5. The van der Waals surface area contributed by atoms with Gasteiger partial charge in [-0.25, -0.2) is 9.59 Å². The molecule has 116 valence electrons. The minimum absolute atomic E-state index is 0.276. The van der Waals surface area contributed by atoms with Gasteiger partial charge in [0.15, 0.2) is 0 Å². The maximum atomic E-state index is 12.0. The van der Waals surface area contributed by atoms with Crippen LogP contribution in [0.2, 0.25) is 0 Å². The van der Waals surface area contributed by atoms with Crippen molar-refractivity contribution in [1.29, 1.82) is 0 Å². The fourth-order valence-electron chi connectivity index (χ4n) is 2.59. The van der Waals surface area contributed by atoms with Gasteiger partial charge in [0.25, 0.3) is 5.79 Å². The van der Waals surface area contributed by atoms with E-state index >= 15 is 0 Å². The van der Waals surface area contributed by atoms with Gasteiger partial charge in [-0.3, -0.25) is 0 Å². The van der Waals surface area contributed by atoms with Gasteiger partial charge in [0.2, 0.25) is 0 Å². The van der Waals surface area contributed by atoms with E-state index in [-0.39, 0.29) is 18.4 Å². The Balaban J connectivity index is 1.94. The number of esters is 2. The van der Waals surface area contributed by atoms with E-state index in [1.807, 2.05) is 60.7 Å². The Bertz CT molecular complexity index is 671. The Kier molecular flexibility index (Phi) is 3.98.